The zero-order valence-electron chi connectivity index (χ0n) is 11.5. The van der Waals surface area contributed by atoms with Crippen molar-refractivity contribution in [2.24, 2.45) is 0 Å². The van der Waals surface area contributed by atoms with Crippen LogP contribution in [0.1, 0.15) is 22.9 Å². The molecular formula is C17H16ClNO. The van der Waals surface area contributed by atoms with Crippen LogP contribution in [0.3, 0.4) is 0 Å². The molecule has 1 atom stereocenters. The van der Waals surface area contributed by atoms with E-state index in [4.69, 9.17) is 16.0 Å². The molecule has 0 amide bonds. The van der Waals surface area contributed by atoms with E-state index in [1.54, 1.807) is 0 Å². The Kier molecular flexibility index (Phi) is 3.51. The summed E-state index contributed by atoms with van der Waals surface area (Å²) in [4.78, 5) is 0. The van der Waals surface area contributed by atoms with Crippen LogP contribution in [0, 0.1) is 6.92 Å². The second-order valence-electron chi connectivity index (χ2n) is 4.96. The van der Waals surface area contributed by atoms with Crippen LogP contribution < -0.4 is 5.32 Å². The Morgan fingerprint density at radius 2 is 1.80 bits per heavy atom. The molecule has 3 aromatic rings. The Morgan fingerprint density at radius 3 is 2.50 bits per heavy atom. The Morgan fingerprint density at radius 1 is 1.05 bits per heavy atom. The molecule has 0 saturated heterocycles. The Labute approximate surface area is 123 Å². The van der Waals surface area contributed by atoms with Gasteiger partial charge in [0.25, 0.3) is 0 Å². The van der Waals surface area contributed by atoms with E-state index in [0.717, 1.165) is 27.3 Å². The number of fused-ring (bicyclic) bond motifs is 1. The summed E-state index contributed by atoms with van der Waals surface area (Å²) >= 11 is 5.94. The van der Waals surface area contributed by atoms with Gasteiger partial charge in [-0.05, 0) is 49.9 Å². The van der Waals surface area contributed by atoms with Gasteiger partial charge in [0, 0.05) is 10.4 Å². The third kappa shape index (κ3) is 2.45. The molecule has 0 fully saturated rings. The molecule has 102 valence electrons. The van der Waals surface area contributed by atoms with Gasteiger partial charge in [-0.2, -0.15) is 0 Å². The van der Waals surface area contributed by atoms with Crippen LogP contribution in [0.4, 0.5) is 0 Å². The molecule has 3 rings (SSSR count). The molecule has 0 aliphatic rings. The van der Waals surface area contributed by atoms with Crippen molar-refractivity contribution < 1.29 is 4.42 Å². The Balaban J connectivity index is 2.04. The number of aryl methyl sites for hydroxylation is 1. The molecule has 20 heavy (non-hydrogen) atoms. The van der Waals surface area contributed by atoms with Crippen molar-refractivity contribution in [1.82, 2.24) is 5.32 Å². The smallest absolute Gasteiger partial charge is 0.134 e. The summed E-state index contributed by atoms with van der Waals surface area (Å²) in [5, 5.41) is 5.17. The number of nitrogens with one attached hydrogen (secondary N) is 1. The molecule has 2 nitrogen and oxygen atoms in total. The van der Waals surface area contributed by atoms with Crippen LogP contribution in [0.5, 0.6) is 0 Å². The van der Waals surface area contributed by atoms with Crippen molar-refractivity contribution in [3.8, 4) is 0 Å². The van der Waals surface area contributed by atoms with E-state index in [2.05, 4.69) is 30.4 Å². The normalized spacial score (nSPS) is 12.8. The standard InChI is InChI=1S/C17H16ClNO/c1-11-3-8-15-13(9-11)10-16(20-15)17(19-2)12-4-6-14(18)7-5-12/h3-10,17,19H,1-2H3. The van der Waals surface area contributed by atoms with E-state index in [9.17, 15) is 0 Å². The Bertz CT molecular complexity index is 730. The lowest BCUT2D eigenvalue weighted by molar-refractivity contribution is 0.491. The largest absolute Gasteiger partial charge is 0.459 e. The minimum atomic E-state index is 0.0278. The zero-order chi connectivity index (χ0) is 14.1. The molecule has 0 saturated carbocycles. The molecule has 3 heteroatoms. The van der Waals surface area contributed by atoms with E-state index in [1.807, 2.05) is 37.4 Å². The number of rotatable bonds is 3. The second kappa shape index (κ2) is 5.31. The fraction of sp³-hybridized carbons (Fsp3) is 0.176. The quantitative estimate of drug-likeness (QED) is 0.754. The summed E-state index contributed by atoms with van der Waals surface area (Å²) in [6.07, 6.45) is 0. The third-order valence-corrected chi connectivity index (χ3v) is 3.72. The maximum atomic E-state index is 5.97. The van der Waals surface area contributed by atoms with Gasteiger partial charge in [0.1, 0.15) is 11.3 Å². The highest BCUT2D eigenvalue weighted by Crippen LogP contribution is 2.29. The van der Waals surface area contributed by atoms with Gasteiger partial charge in [-0.25, -0.2) is 0 Å². The van der Waals surface area contributed by atoms with Gasteiger partial charge >= 0.3 is 0 Å². The first-order valence-electron chi connectivity index (χ1n) is 6.60. The molecule has 0 aliphatic carbocycles. The van der Waals surface area contributed by atoms with E-state index in [0.29, 0.717) is 0 Å². The van der Waals surface area contributed by atoms with Crippen LogP contribution in [0.2, 0.25) is 5.02 Å². The van der Waals surface area contributed by atoms with Crippen LogP contribution in [0.25, 0.3) is 11.0 Å². The van der Waals surface area contributed by atoms with Gasteiger partial charge in [-0.3, -0.25) is 0 Å². The number of hydrogen-bond acceptors (Lipinski definition) is 2. The zero-order valence-corrected chi connectivity index (χ0v) is 12.2. The minimum absolute atomic E-state index is 0.0278. The number of benzene rings is 2. The van der Waals surface area contributed by atoms with Crippen LogP contribution >= 0.6 is 11.6 Å². The van der Waals surface area contributed by atoms with Crippen LogP contribution in [-0.4, -0.2) is 7.05 Å². The SMILES string of the molecule is CNC(c1ccc(Cl)cc1)c1cc2cc(C)ccc2o1. The molecule has 0 spiro atoms. The van der Waals surface area contributed by atoms with Crippen LogP contribution in [0.15, 0.2) is 52.9 Å². The van der Waals surface area contributed by atoms with Crippen molar-refractivity contribution in [1.29, 1.82) is 0 Å². The van der Waals surface area contributed by atoms with E-state index in [1.165, 1.54) is 5.56 Å². The van der Waals surface area contributed by atoms with Gasteiger partial charge in [0.05, 0.1) is 6.04 Å². The summed E-state index contributed by atoms with van der Waals surface area (Å²) in [7, 11) is 1.93. The lowest BCUT2D eigenvalue weighted by Gasteiger charge is -2.13. The average molecular weight is 286 g/mol. The Hall–Kier alpha value is -1.77. The highest BCUT2D eigenvalue weighted by molar-refractivity contribution is 6.30. The highest BCUT2D eigenvalue weighted by Gasteiger charge is 2.16. The summed E-state index contributed by atoms with van der Waals surface area (Å²) < 4.78 is 5.97. The first-order chi connectivity index (χ1) is 9.67. The molecule has 1 unspecified atom stereocenters. The summed E-state index contributed by atoms with van der Waals surface area (Å²) in [5.74, 6) is 0.912. The first kappa shape index (κ1) is 13.2. The summed E-state index contributed by atoms with van der Waals surface area (Å²) in [6.45, 7) is 2.08. The highest BCUT2D eigenvalue weighted by atomic mass is 35.5. The molecule has 0 bridgehead atoms. The second-order valence-corrected chi connectivity index (χ2v) is 5.40. The molecule has 0 aliphatic heterocycles. The molecule has 1 aromatic heterocycles. The van der Waals surface area contributed by atoms with Gasteiger partial charge in [0.15, 0.2) is 0 Å². The van der Waals surface area contributed by atoms with Crippen molar-refractivity contribution >= 4 is 22.6 Å². The predicted octanol–water partition coefficient (Wildman–Crippen LogP) is 4.70. The number of halogens is 1. The van der Waals surface area contributed by atoms with E-state index in [-0.39, 0.29) is 6.04 Å². The van der Waals surface area contributed by atoms with Gasteiger partial charge in [-0.1, -0.05) is 35.4 Å². The lowest BCUT2D eigenvalue weighted by Crippen LogP contribution is -2.16. The van der Waals surface area contributed by atoms with E-state index >= 15 is 0 Å². The van der Waals surface area contributed by atoms with Crippen molar-refractivity contribution in [2.75, 3.05) is 7.05 Å². The van der Waals surface area contributed by atoms with Gasteiger partial charge < -0.3 is 9.73 Å². The fourth-order valence-corrected chi connectivity index (χ4v) is 2.58. The van der Waals surface area contributed by atoms with Crippen molar-refractivity contribution in [3.63, 3.8) is 0 Å². The maximum Gasteiger partial charge on any atom is 0.134 e. The number of hydrogen-bond donors (Lipinski definition) is 1. The number of furan rings is 1. The molecular weight excluding hydrogens is 270 g/mol. The van der Waals surface area contributed by atoms with Crippen molar-refractivity contribution in [3.05, 3.63) is 70.4 Å². The molecule has 0 radical (unpaired) electrons. The van der Waals surface area contributed by atoms with Gasteiger partial charge in [0.2, 0.25) is 0 Å². The predicted molar refractivity (Wildman–Crippen MR) is 83.3 cm³/mol. The topological polar surface area (TPSA) is 25.2 Å². The van der Waals surface area contributed by atoms with Crippen molar-refractivity contribution in [2.45, 2.75) is 13.0 Å². The van der Waals surface area contributed by atoms with Crippen LogP contribution in [-0.2, 0) is 0 Å². The maximum absolute atomic E-state index is 5.97. The fourth-order valence-electron chi connectivity index (χ4n) is 2.45. The average Bonchev–Trinajstić information content (AvgIpc) is 2.84. The third-order valence-electron chi connectivity index (χ3n) is 3.47. The summed E-state index contributed by atoms with van der Waals surface area (Å²) in [6, 6.07) is 16.2. The molecule has 1 N–H and O–H groups in total. The summed E-state index contributed by atoms with van der Waals surface area (Å²) in [5.41, 5.74) is 3.28. The molecule has 1 heterocycles. The minimum Gasteiger partial charge on any atom is -0.459 e. The van der Waals surface area contributed by atoms with E-state index < -0.39 is 0 Å². The van der Waals surface area contributed by atoms with Gasteiger partial charge in [-0.15, -0.1) is 0 Å². The molecule has 2 aromatic carbocycles. The lowest BCUT2D eigenvalue weighted by atomic mass is 10.0. The first-order valence-corrected chi connectivity index (χ1v) is 6.98. The monoisotopic (exact) mass is 285 g/mol.